The molecule has 0 aliphatic heterocycles. The molecule has 0 atom stereocenters. The lowest BCUT2D eigenvalue weighted by atomic mass is 10.2. The van der Waals surface area contributed by atoms with Gasteiger partial charge < -0.3 is 5.32 Å². The van der Waals surface area contributed by atoms with Crippen molar-refractivity contribution in [2.75, 3.05) is 5.32 Å². The molecule has 26 heavy (non-hydrogen) atoms. The number of carbonyl (C=O) groups is 1. The third-order valence-electron chi connectivity index (χ3n) is 3.69. The molecule has 3 nitrogen and oxygen atoms in total. The molecule has 0 bridgehead atoms. The van der Waals surface area contributed by atoms with Crippen molar-refractivity contribution in [3.8, 4) is 0 Å². The zero-order chi connectivity index (χ0) is 18.5. The highest BCUT2D eigenvalue weighted by Gasteiger charge is 2.11. The Balaban J connectivity index is 1.55. The van der Waals surface area contributed by atoms with Crippen LogP contribution in [-0.4, -0.2) is 10.9 Å². The first kappa shape index (κ1) is 18.9. The number of aromatic nitrogens is 1. The van der Waals surface area contributed by atoms with Gasteiger partial charge in [-0.15, -0.1) is 11.3 Å². The number of thiazole rings is 1. The first-order valence-electron chi connectivity index (χ1n) is 7.88. The van der Waals surface area contributed by atoms with Gasteiger partial charge in [0.1, 0.15) is 10.2 Å². The summed E-state index contributed by atoms with van der Waals surface area (Å²) in [5, 5.41) is 5.38. The molecule has 0 spiro atoms. The third kappa shape index (κ3) is 5.06. The number of amides is 1. The smallest absolute Gasteiger partial charge is 0.230 e. The van der Waals surface area contributed by atoms with E-state index in [1.54, 1.807) is 36.0 Å². The first-order valence-corrected chi connectivity index (χ1v) is 10.1. The van der Waals surface area contributed by atoms with Gasteiger partial charge in [0.2, 0.25) is 5.91 Å². The maximum Gasteiger partial charge on any atom is 0.230 e. The number of halogens is 2. The molecular formula is C19H16ClFN2OS2. The van der Waals surface area contributed by atoms with Crippen LogP contribution in [0.5, 0.6) is 0 Å². The lowest BCUT2D eigenvalue weighted by Gasteiger charge is -2.08. The summed E-state index contributed by atoms with van der Waals surface area (Å²) < 4.78 is 13.8. The van der Waals surface area contributed by atoms with Crippen LogP contribution in [0.3, 0.4) is 0 Å². The Bertz CT molecular complexity index is 912. The molecule has 0 aliphatic carbocycles. The molecule has 1 aromatic heterocycles. The molecule has 1 amide bonds. The zero-order valence-electron chi connectivity index (χ0n) is 14.0. The van der Waals surface area contributed by atoms with Crippen LogP contribution in [0.4, 0.5) is 10.1 Å². The van der Waals surface area contributed by atoms with E-state index in [1.807, 2.05) is 18.4 Å². The minimum atomic E-state index is -0.240. The number of anilines is 1. The predicted octanol–water partition coefficient (Wildman–Crippen LogP) is 5.72. The fraction of sp³-hybridized carbons (Fsp3) is 0.158. The second-order valence-electron chi connectivity index (χ2n) is 5.66. The first-order chi connectivity index (χ1) is 12.5. The predicted molar refractivity (Wildman–Crippen MR) is 107 cm³/mol. The molecule has 0 radical (unpaired) electrons. The van der Waals surface area contributed by atoms with Gasteiger partial charge in [-0.25, -0.2) is 9.37 Å². The van der Waals surface area contributed by atoms with Gasteiger partial charge in [0.05, 0.1) is 12.1 Å². The van der Waals surface area contributed by atoms with Crippen LogP contribution < -0.4 is 5.32 Å². The maximum absolute atomic E-state index is 12.9. The molecule has 0 saturated carbocycles. The number of carbonyl (C=O) groups excluding carboxylic acids is 1. The molecule has 7 heteroatoms. The number of nitrogens with one attached hydrogen (secondary N) is 1. The Labute approximate surface area is 164 Å². The molecule has 3 aromatic rings. The van der Waals surface area contributed by atoms with E-state index in [0.29, 0.717) is 16.5 Å². The molecule has 3 rings (SSSR count). The van der Waals surface area contributed by atoms with Crippen molar-refractivity contribution in [2.24, 2.45) is 0 Å². The van der Waals surface area contributed by atoms with Gasteiger partial charge in [-0.05, 0) is 42.3 Å². The highest BCUT2D eigenvalue weighted by Crippen LogP contribution is 2.27. The van der Waals surface area contributed by atoms with Crippen molar-refractivity contribution in [3.05, 3.63) is 75.5 Å². The maximum atomic E-state index is 12.9. The van der Waals surface area contributed by atoms with Gasteiger partial charge in [0.15, 0.2) is 0 Å². The van der Waals surface area contributed by atoms with Crippen molar-refractivity contribution >= 4 is 46.3 Å². The minimum absolute atomic E-state index is 0.129. The Kier molecular flexibility index (Phi) is 6.29. The van der Waals surface area contributed by atoms with Crippen LogP contribution >= 0.6 is 34.7 Å². The molecule has 2 aromatic carbocycles. The molecule has 134 valence electrons. The Morgan fingerprint density at radius 3 is 2.81 bits per heavy atom. The van der Waals surface area contributed by atoms with E-state index >= 15 is 0 Å². The number of rotatable bonds is 6. The fourth-order valence-corrected chi connectivity index (χ4v) is 4.24. The summed E-state index contributed by atoms with van der Waals surface area (Å²) in [6.45, 7) is 1.87. The topological polar surface area (TPSA) is 42.0 Å². The SMILES string of the molecule is Cc1c(Cl)cccc1NC(=O)Cc1csc(SCc2ccc(F)cc2)n1. The van der Waals surface area contributed by atoms with Crippen LogP contribution in [0.15, 0.2) is 52.2 Å². The van der Waals surface area contributed by atoms with Crippen molar-refractivity contribution in [2.45, 2.75) is 23.4 Å². The van der Waals surface area contributed by atoms with Gasteiger partial charge >= 0.3 is 0 Å². The normalized spacial score (nSPS) is 10.7. The van der Waals surface area contributed by atoms with Crippen LogP contribution in [0.1, 0.15) is 16.8 Å². The second-order valence-corrected chi connectivity index (χ2v) is 8.15. The summed E-state index contributed by atoms with van der Waals surface area (Å²) in [7, 11) is 0. The highest BCUT2D eigenvalue weighted by atomic mass is 35.5. The Hall–Kier alpha value is -1.89. The van der Waals surface area contributed by atoms with E-state index < -0.39 is 0 Å². The van der Waals surface area contributed by atoms with Crippen LogP contribution in [0.25, 0.3) is 0 Å². The molecule has 0 aliphatic rings. The van der Waals surface area contributed by atoms with Gasteiger partial charge in [0.25, 0.3) is 0 Å². The van der Waals surface area contributed by atoms with E-state index in [9.17, 15) is 9.18 Å². The average Bonchev–Trinajstić information content (AvgIpc) is 3.06. The van der Waals surface area contributed by atoms with Crippen LogP contribution in [-0.2, 0) is 17.0 Å². The van der Waals surface area contributed by atoms with Crippen molar-refractivity contribution < 1.29 is 9.18 Å². The fourth-order valence-electron chi connectivity index (χ4n) is 2.26. The van der Waals surface area contributed by atoms with Crippen molar-refractivity contribution in [3.63, 3.8) is 0 Å². The molecule has 0 saturated heterocycles. The van der Waals surface area contributed by atoms with Crippen LogP contribution in [0.2, 0.25) is 5.02 Å². The average molecular weight is 407 g/mol. The third-order valence-corrected chi connectivity index (χ3v) is 6.24. The molecular weight excluding hydrogens is 391 g/mol. The van der Waals surface area contributed by atoms with Gasteiger partial charge in [-0.2, -0.15) is 0 Å². The lowest BCUT2D eigenvalue weighted by Crippen LogP contribution is -2.15. The Morgan fingerprint density at radius 2 is 2.04 bits per heavy atom. The second kappa shape index (κ2) is 8.66. The summed E-state index contributed by atoms with van der Waals surface area (Å²) in [5.41, 5.74) is 3.32. The minimum Gasteiger partial charge on any atom is -0.325 e. The largest absolute Gasteiger partial charge is 0.325 e. The lowest BCUT2D eigenvalue weighted by molar-refractivity contribution is -0.115. The van der Waals surface area contributed by atoms with Gasteiger partial charge in [-0.1, -0.05) is 41.6 Å². The zero-order valence-corrected chi connectivity index (χ0v) is 16.3. The van der Waals surface area contributed by atoms with Crippen LogP contribution in [0, 0.1) is 12.7 Å². The van der Waals surface area contributed by atoms with Gasteiger partial charge in [0, 0.05) is 21.8 Å². The number of hydrogen-bond donors (Lipinski definition) is 1. The van der Waals surface area contributed by atoms with Crippen molar-refractivity contribution in [1.82, 2.24) is 4.98 Å². The van der Waals surface area contributed by atoms with E-state index in [0.717, 1.165) is 21.2 Å². The molecule has 0 fully saturated rings. The quantitative estimate of drug-likeness (QED) is 0.532. The summed E-state index contributed by atoms with van der Waals surface area (Å²) >= 11 is 9.14. The number of benzene rings is 2. The monoisotopic (exact) mass is 406 g/mol. The van der Waals surface area contributed by atoms with Crippen molar-refractivity contribution in [1.29, 1.82) is 0 Å². The number of nitrogens with zero attached hydrogens (tertiary/aromatic N) is 1. The molecule has 1 N–H and O–H groups in total. The summed E-state index contributed by atoms with van der Waals surface area (Å²) in [6.07, 6.45) is 0.208. The van der Waals surface area contributed by atoms with E-state index in [1.165, 1.54) is 23.5 Å². The highest BCUT2D eigenvalue weighted by molar-refractivity contribution is 8.00. The summed E-state index contributed by atoms with van der Waals surface area (Å²) in [6, 6.07) is 11.8. The molecule has 0 unspecified atom stereocenters. The van der Waals surface area contributed by atoms with Gasteiger partial charge in [-0.3, -0.25) is 4.79 Å². The Morgan fingerprint density at radius 1 is 1.27 bits per heavy atom. The standard InChI is InChI=1S/C19H16ClFN2OS2/c1-12-16(20)3-2-4-17(12)23-18(24)9-15-11-26-19(22-15)25-10-13-5-7-14(21)8-6-13/h2-8,11H,9-10H2,1H3,(H,23,24). The summed E-state index contributed by atoms with van der Waals surface area (Å²) in [5.74, 6) is 0.341. The molecule has 1 heterocycles. The van der Waals surface area contributed by atoms with E-state index in [2.05, 4.69) is 10.3 Å². The number of hydrogen-bond acceptors (Lipinski definition) is 4. The number of thioether (sulfide) groups is 1. The van der Waals surface area contributed by atoms with E-state index in [-0.39, 0.29) is 18.1 Å². The summed E-state index contributed by atoms with van der Waals surface area (Å²) in [4.78, 5) is 16.7. The van der Waals surface area contributed by atoms with E-state index in [4.69, 9.17) is 11.6 Å².